The molecular formula is C22H25NO8S. The van der Waals surface area contributed by atoms with Gasteiger partial charge in [0.05, 0.1) is 18.6 Å². The summed E-state index contributed by atoms with van der Waals surface area (Å²) in [6, 6.07) is 12.4. The average molecular weight is 464 g/mol. The van der Waals surface area contributed by atoms with Crippen molar-refractivity contribution in [1.29, 1.82) is 0 Å². The van der Waals surface area contributed by atoms with Gasteiger partial charge in [0.15, 0.2) is 20.4 Å². The third-order valence-corrected chi connectivity index (χ3v) is 7.99. The fraction of sp³-hybridized carbons (Fsp3) is 0.364. The molecule has 2 aromatic carbocycles. The largest absolute Gasteiger partial charge is 0.497 e. The third kappa shape index (κ3) is 4.77. The first-order valence-electron chi connectivity index (χ1n) is 10.0. The fourth-order valence-electron chi connectivity index (χ4n) is 3.54. The molecule has 1 amide bonds. The lowest BCUT2D eigenvalue weighted by molar-refractivity contribution is -0.134. The Morgan fingerprint density at radius 2 is 1.62 bits per heavy atom. The lowest BCUT2D eigenvalue weighted by atomic mass is 9.98. The number of rotatable bonds is 9. The molecule has 9 nitrogen and oxygen atoms in total. The summed E-state index contributed by atoms with van der Waals surface area (Å²) in [6.07, 6.45) is 0.0209. The average Bonchev–Trinajstić information content (AvgIpc) is 2.84. The Morgan fingerprint density at radius 1 is 1.03 bits per heavy atom. The van der Waals surface area contributed by atoms with Crippen LogP contribution in [0.2, 0.25) is 0 Å². The molecule has 0 saturated carbocycles. The smallest absolute Gasteiger partial charge is 0.265 e. The van der Waals surface area contributed by atoms with Gasteiger partial charge in [-0.2, -0.15) is 0 Å². The predicted octanol–water partition coefficient (Wildman–Crippen LogP) is 2.18. The maximum atomic E-state index is 13.2. The monoisotopic (exact) mass is 463 g/mol. The molecule has 2 N–H and O–H groups in total. The number of carbonyl (C=O) groups is 2. The van der Waals surface area contributed by atoms with Crippen molar-refractivity contribution in [2.24, 2.45) is 0 Å². The highest BCUT2D eigenvalue weighted by molar-refractivity contribution is 7.93. The summed E-state index contributed by atoms with van der Waals surface area (Å²) in [5.41, 5.74) is 2.03. The molecule has 0 radical (unpaired) electrons. The predicted molar refractivity (Wildman–Crippen MR) is 114 cm³/mol. The molecule has 0 spiro atoms. The highest BCUT2D eigenvalue weighted by Gasteiger charge is 2.52. The van der Waals surface area contributed by atoms with Gasteiger partial charge in [-0.15, -0.1) is 0 Å². The van der Waals surface area contributed by atoms with Gasteiger partial charge in [-0.1, -0.05) is 0 Å². The maximum absolute atomic E-state index is 13.2. The lowest BCUT2D eigenvalue weighted by Crippen LogP contribution is -2.54. The maximum Gasteiger partial charge on any atom is 0.265 e. The number of methoxy groups -OCH3 is 1. The minimum atomic E-state index is -4.10. The normalized spacial score (nSPS) is 15.6. The Kier molecular flexibility index (Phi) is 7.49. The van der Waals surface area contributed by atoms with E-state index in [4.69, 9.17) is 19.4 Å². The second-order valence-electron chi connectivity index (χ2n) is 7.27. The molecule has 32 heavy (non-hydrogen) atoms. The number of hydrogen-bond acceptors (Lipinski definition) is 8. The van der Waals surface area contributed by atoms with E-state index in [9.17, 15) is 18.0 Å². The van der Waals surface area contributed by atoms with Crippen molar-refractivity contribution < 1.29 is 37.4 Å². The van der Waals surface area contributed by atoms with Crippen molar-refractivity contribution in [3.63, 3.8) is 0 Å². The summed E-state index contributed by atoms with van der Waals surface area (Å²) >= 11 is 0. The van der Waals surface area contributed by atoms with Crippen LogP contribution in [0, 0.1) is 0 Å². The molecule has 10 heteroatoms. The van der Waals surface area contributed by atoms with Crippen molar-refractivity contribution in [3.8, 4) is 11.5 Å². The summed E-state index contributed by atoms with van der Waals surface area (Å²) in [4.78, 5) is 24.5. The lowest BCUT2D eigenvalue weighted by Gasteiger charge is -2.34. The number of benzene rings is 2. The second-order valence-corrected chi connectivity index (χ2v) is 9.53. The first kappa shape index (κ1) is 23.7. The fourth-order valence-corrected chi connectivity index (χ4v) is 5.48. The SMILES string of the molecule is COc1ccc(C(=O)CCOc2ccc(S(=O)(=O)C3(C(=O)NO)CCOCC3)cc2)cc1. The molecule has 1 aliphatic heterocycles. The molecule has 3 rings (SSSR count). The highest BCUT2D eigenvalue weighted by atomic mass is 32.2. The molecule has 0 aromatic heterocycles. The summed E-state index contributed by atoms with van der Waals surface area (Å²) in [7, 11) is -2.55. The van der Waals surface area contributed by atoms with E-state index < -0.39 is 20.5 Å². The number of carbonyl (C=O) groups excluding carboxylic acids is 2. The van der Waals surface area contributed by atoms with Crippen LogP contribution >= 0.6 is 0 Å². The van der Waals surface area contributed by atoms with Crippen LogP contribution in [0.15, 0.2) is 53.4 Å². The molecule has 1 saturated heterocycles. The van der Waals surface area contributed by atoms with Gasteiger partial charge >= 0.3 is 0 Å². The van der Waals surface area contributed by atoms with Gasteiger partial charge in [-0.3, -0.25) is 14.8 Å². The third-order valence-electron chi connectivity index (χ3n) is 5.47. The zero-order chi connectivity index (χ0) is 23.2. The first-order chi connectivity index (χ1) is 15.3. The Balaban J connectivity index is 1.65. The van der Waals surface area contributed by atoms with E-state index in [1.54, 1.807) is 31.4 Å². The number of nitrogens with one attached hydrogen (secondary N) is 1. The topological polar surface area (TPSA) is 128 Å². The van der Waals surface area contributed by atoms with Crippen LogP contribution in [-0.4, -0.2) is 57.0 Å². The van der Waals surface area contributed by atoms with Crippen molar-refractivity contribution in [3.05, 3.63) is 54.1 Å². The van der Waals surface area contributed by atoms with Crippen molar-refractivity contribution >= 4 is 21.5 Å². The van der Waals surface area contributed by atoms with Crippen LogP contribution in [0.4, 0.5) is 0 Å². The van der Waals surface area contributed by atoms with Gasteiger partial charge < -0.3 is 14.2 Å². The molecule has 1 aliphatic rings. The van der Waals surface area contributed by atoms with Crippen molar-refractivity contribution in [1.82, 2.24) is 5.48 Å². The molecule has 172 valence electrons. The molecule has 1 fully saturated rings. The standard InChI is InChI=1S/C22H25NO8S/c1-29-17-4-2-16(3-5-17)20(24)10-13-31-18-6-8-19(9-7-18)32(27,28)22(21(25)23-26)11-14-30-15-12-22/h2-9,26H,10-15H2,1H3,(H,23,25). The Hall–Kier alpha value is -2.95. The van der Waals surface area contributed by atoms with Gasteiger partial charge in [0.25, 0.3) is 5.91 Å². The molecule has 0 bridgehead atoms. The van der Waals surface area contributed by atoms with Gasteiger partial charge in [0.2, 0.25) is 0 Å². The number of ketones is 1. The number of ether oxygens (including phenoxy) is 3. The van der Waals surface area contributed by atoms with Crippen LogP contribution in [0.3, 0.4) is 0 Å². The highest BCUT2D eigenvalue weighted by Crippen LogP contribution is 2.35. The Morgan fingerprint density at radius 3 is 2.19 bits per heavy atom. The van der Waals surface area contributed by atoms with Crippen molar-refractivity contribution in [2.75, 3.05) is 26.9 Å². The summed E-state index contributed by atoms with van der Waals surface area (Å²) in [5.74, 6) is -0.0209. The minimum Gasteiger partial charge on any atom is -0.497 e. The van der Waals surface area contributed by atoms with Crippen LogP contribution in [-0.2, 0) is 19.4 Å². The van der Waals surface area contributed by atoms with E-state index in [0.29, 0.717) is 17.1 Å². The van der Waals surface area contributed by atoms with E-state index in [0.717, 1.165) is 0 Å². The first-order valence-corrected chi connectivity index (χ1v) is 11.5. The van der Waals surface area contributed by atoms with E-state index in [1.807, 2.05) is 0 Å². The van der Waals surface area contributed by atoms with Crippen LogP contribution < -0.4 is 15.0 Å². The number of hydroxylamine groups is 1. The summed E-state index contributed by atoms with van der Waals surface area (Å²) in [5, 5.41) is 9.10. The summed E-state index contributed by atoms with van der Waals surface area (Å²) < 4.78 is 40.4. The molecule has 1 heterocycles. The second kappa shape index (κ2) is 10.1. The molecule has 2 aromatic rings. The van der Waals surface area contributed by atoms with E-state index in [1.165, 1.54) is 29.7 Å². The zero-order valence-corrected chi connectivity index (χ0v) is 18.4. The number of sulfone groups is 1. The minimum absolute atomic E-state index is 0.0621. The van der Waals surface area contributed by atoms with Gasteiger partial charge in [-0.25, -0.2) is 13.9 Å². The molecular weight excluding hydrogens is 438 g/mol. The van der Waals surface area contributed by atoms with Crippen molar-refractivity contribution in [2.45, 2.75) is 28.9 Å². The summed E-state index contributed by atoms with van der Waals surface area (Å²) in [6.45, 7) is 0.303. The number of hydrogen-bond donors (Lipinski definition) is 2. The van der Waals surface area contributed by atoms with Crippen LogP contribution in [0.5, 0.6) is 11.5 Å². The van der Waals surface area contributed by atoms with Gasteiger partial charge in [-0.05, 0) is 61.4 Å². The Bertz CT molecular complexity index is 1040. The van der Waals surface area contributed by atoms with Gasteiger partial charge in [0.1, 0.15) is 11.5 Å². The molecule has 0 aliphatic carbocycles. The van der Waals surface area contributed by atoms with E-state index >= 15 is 0 Å². The van der Waals surface area contributed by atoms with Crippen LogP contribution in [0.1, 0.15) is 29.6 Å². The van der Waals surface area contributed by atoms with E-state index in [2.05, 4.69) is 0 Å². The van der Waals surface area contributed by atoms with Gasteiger partial charge in [0, 0.05) is 25.2 Å². The number of Topliss-reactive ketones (excluding diaryl/α,β-unsaturated/α-hetero) is 1. The van der Waals surface area contributed by atoms with Crippen LogP contribution in [0.25, 0.3) is 0 Å². The Labute approximate surface area is 186 Å². The van der Waals surface area contributed by atoms with E-state index in [-0.39, 0.29) is 49.8 Å². The quantitative estimate of drug-likeness (QED) is 0.329. The molecule has 0 unspecified atom stereocenters. The molecule has 0 atom stereocenters. The zero-order valence-electron chi connectivity index (χ0n) is 17.6. The number of amides is 1.